The minimum atomic E-state index is -2.86. The summed E-state index contributed by atoms with van der Waals surface area (Å²) in [7, 11) is 0. The van der Waals surface area contributed by atoms with Gasteiger partial charge < -0.3 is 10.1 Å². The van der Waals surface area contributed by atoms with Crippen LogP contribution in [-0.2, 0) is 0 Å². The molecular formula is C14H11F2NO2. The van der Waals surface area contributed by atoms with Crippen LogP contribution in [0.1, 0.15) is 10.4 Å². The van der Waals surface area contributed by atoms with Gasteiger partial charge in [-0.3, -0.25) is 4.79 Å². The second-order valence-electron chi connectivity index (χ2n) is 3.72. The van der Waals surface area contributed by atoms with Crippen molar-refractivity contribution in [2.75, 3.05) is 5.32 Å². The third-order valence-corrected chi connectivity index (χ3v) is 2.37. The van der Waals surface area contributed by atoms with E-state index in [1.807, 2.05) is 6.07 Å². The first kappa shape index (κ1) is 13.0. The van der Waals surface area contributed by atoms with Gasteiger partial charge in [-0.15, -0.1) is 0 Å². The maximum Gasteiger partial charge on any atom is 0.387 e. The Bertz CT molecular complexity index is 541. The number of rotatable bonds is 4. The molecule has 0 spiro atoms. The average molecular weight is 263 g/mol. The van der Waals surface area contributed by atoms with E-state index in [-0.39, 0.29) is 11.7 Å². The smallest absolute Gasteiger partial charge is 0.387 e. The summed E-state index contributed by atoms with van der Waals surface area (Å²) in [5, 5.41) is 2.66. The molecule has 1 N–H and O–H groups in total. The number of hydrogen-bond acceptors (Lipinski definition) is 2. The minimum Gasteiger partial charge on any atom is -0.435 e. The molecule has 0 radical (unpaired) electrons. The van der Waals surface area contributed by atoms with Crippen molar-refractivity contribution in [1.29, 1.82) is 0 Å². The van der Waals surface area contributed by atoms with Crippen LogP contribution in [0.15, 0.2) is 54.6 Å². The van der Waals surface area contributed by atoms with Crippen molar-refractivity contribution in [3.63, 3.8) is 0 Å². The first-order valence-corrected chi connectivity index (χ1v) is 5.56. The number of alkyl halides is 2. The van der Waals surface area contributed by atoms with Crippen LogP contribution in [0.3, 0.4) is 0 Å². The number of hydrogen-bond donors (Lipinski definition) is 1. The zero-order chi connectivity index (χ0) is 13.7. The molecule has 0 saturated heterocycles. The van der Waals surface area contributed by atoms with Crippen molar-refractivity contribution in [3.8, 4) is 5.75 Å². The number of ether oxygens (including phenoxy) is 1. The molecule has 0 aliphatic carbocycles. The summed E-state index contributed by atoms with van der Waals surface area (Å²) in [5.41, 5.74) is 1.03. The van der Waals surface area contributed by atoms with Crippen molar-refractivity contribution in [1.82, 2.24) is 0 Å². The van der Waals surface area contributed by atoms with Crippen molar-refractivity contribution in [2.24, 2.45) is 0 Å². The molecule has 1 amide bonds. The normalized spacial score (nSPS) is 10.3. The lowest BCUT2D eigenvalue weighted by Gasteiger charge is -2.07. The highest BCUT2D eigenvalue weighted by molar-refractivity contribution is 6.04. The Hall–Kier alpha value is -2.43. The van der Waals surface area contributed by atoms with Crippen LogP contribution in [0.25, 0.3) is 0 Å². The predicted octanol–water partition coefficient (Wildman–Crippen LogP) is 3.54. The SMILES string of the molecule is O=C(Nc1ccc(OC(F)F)cc1)c1ccccc1. The fourth-order valence-electron chi connectivity index (χ4n) is 1.51. The Morgan fingerprint density at radius 3 is 2.21 bits per heavy atom. The second-order valence-corrected chi connectivity index (χ2v) is 3.72. The molecule has 0 bridgehead atoms. The van der Waals surface area contributed by atoms with Crippen molar-refractivity contribution < 1.29 is 18.3 Å². The van der Waals surface area contributed by atoms with Crippen molar-refractivity contribution >= 4 is 11.6 Å². The van der Waals surface area contributed by atoms with Gasteiger partial charge in [0.25, 0.3) is 5.91 Å². The monoisotopic (exact) mass is 263 g/mol. The maximum atomic E-state index is 12.0. The minimum absolute atomic E-state index is 0.0488. The molecule has 3 nitrogen and oxygen atoms in total. The van der Waals surface area contributed by atoms with Gasteiger partial charge in [-0.05, 0) is 36.4 Å². The summed E-state index contributed by atoms with van der Waals surface area (Å²) in [4.78, 5) is 11.8. The van der Waals surface area contributed by atoms with Crippen LogP contribution >= 0.6 is 0 Å². The number of carbonyl (C=O) groups excluding carboxylic acids is 1. The van der Waals surface area contributed by atoms with Gasteiger partial charge in [0.15, 0.2) is 0 Å². The van der Waals surface area contributed by atoms with Crippen LogP contribution < -0.4 is 10.1 Å². The van der Waals surface area contributed by atoms with E-state index in [0.717, 1.165) is 0 Å². The van der Waals surface area contributed by atoms with Gasteiger partial charge in [0, 0.05) is 11.3 Å². The topological polar surface area (TPSA) is 38.3 Å². The number of amides is 1. The maximum absolute atomic E-state index is 12.0. The van der Waals surface area contributed by atoms with Gasteiger partial charge in [-0.25, -0.2) is 0 Å². The van der Waals surface area contributed by atoms with E-state index in [1.54, 1.807) is 24.3 Å². The van der Waals surface area contributed by atoms with Gasteiger partial charge in [0.05, 0.1) is 0 Å². The lowest BCUT2D eigenvalue weighted by atomic mass is 10.2. The van der Waals surface area contributed by atoms with E-state index >= 15 is 0 Å². The Balaban J connectivity index is 2.02. The van der Waals surface area contributed by atoms with Gasteiger partial charge >= 0.3 is 6.61 Å². The predicted molar refractivity (Wildman–Crippen MR) is 67.5 cm³/mol. The summed E-state index contributed by atoms with van der Waals surface area (Å²) >= 11 is 0. The first-order chi connectivity index (χ1) is 9.15. The van der Waals surface area contributed by atoms with Crippen LogP contribution in [-0.4, -0.2) is 12.5 Å². The van der Waals surface area contributed by atoms with Gasteiger partial charge in [0.1, 0.15) is 5.75 Å². The second kappa shape index (κ2) is 5.95. The Labute approximate surface area is 108 Å². The number of halogens is 2. The molecule has 2 rings (SSSR count). The highest BCUT2D eigenvalue weighted by atomic mass is 19.3. The van der Waals surface area contributed by atoms with Gasteiger partial charge in [-0.2, -0.15) is 8.78 Å². The van der Waals surface area contributed by atoms with Gasteiger partial charge in [-0.1, -0.05) is 18.2 Å². The third-order valence-electron chi connectivity index (χ3n) is 2.37. The highest BCUT2D eigenvalue weighted by Crippen LogP contribution is 2.18. The molecule has 0 unspecified atom stereocenters. The van der Waals surface area contributed by atoms with E-state index in [1.165, 1.54) is 24.3 Å². The zero-order valence-corrected chi connectivity index (χ0v) is 9.85. The van der Waals surface area contributed by atoms with E-state index in [0.29, 0.717) is 11.3 Å². The Morgan fingerprint density at radius 2 is 1.63 bits per heavy atom. The summed E-state index contributed by atoms with van der Waals surface area (Å²) in [5.74, 6) is -0.212. The molecule has 0 saturated carbocycles. The van der Waals surface area contributed by atoms with Crippen molar-refractivity contribution in [3.05, 3.63) is 60.2 Å². The van der Waals surface area contributed by atoms with Crippen LogP contribution in [0, 0.1) is 0 Å². The number of carbonyl (C=O) groups is 1. The summed E-state index contributed by atoms with van der Waals surface area (Å²) in [6.45, 7) is -2.86. The zero-order valence-electron chi connectivity index (χ0n) is 9.85. The molecule has 0 atom stereocenters. The molecule has 5 heteroatoms. The number of nitrogens with one attached hydrogen (secondary N) is 1. The summed E-state index contributed by atoms with van der Waals surface area (Å²) < 4.78 is 28.1. The van der Waals surface area contributed by atoms with Gasteiger partial charge in [0.2, 0.25) is 0 Å². The molecular weight excluding hydrogens is 252 g/mol. The Kier molecular flexibility index (Phi) is 4.07. The van der Waals surface area contributed by atoms with E-state index in [2.05, 4.69) is 10.1 Å². The lowest BCUT2D eigenvalue weighted by molar-refractivity contribution is -0.0498. The highest BCUT2D eigenvalue weighted by Gasteiger charge is 2.06. The van der Waals surface area contributed by atoms with E-state index < -0.39 is 6.61 Å². The van der Waals surface area contributed by atoms with Crippen molar-refractivity contribution in [2.45, 2.75) is 6.61 Å². The molecule has 0 aromatic heterocycles. The van der Waals surface area contributed by atoms with Crippen LogP contribution in [0.4, 0.5) is 14.5 Å². The molecule has 19 heavy (non-hydrogen) atoms. The molecule has 2 aromatic rings. The third kappa shape index (κ3) is 3.77. The quantitative estimate of drug-likeness (QED) is 0.916. The molecule has 2 aromatic carbocycles. The van der Waals surface area contributed by atoms with E-state index in [4.69, 9.17) is 0 Å². The largest absolute Gasteiger partial charge is 0.435 e. The molecule has 0 fully saturated rings. The van der Waals surface area contributed by atoms with E-state index in [9.17, 15) is 13.6 Å². The van der Waals surface area contributed by atoms with Crippen LogP contribution in [0.5, 0.6) is 5.75 Å². The number of anilines is 1. The molecule has 0 heterocycles. The average Bonchev–Trinajstić information content (AvgIpc) is 2.41. The fraction of sp³-hybridized carbons (Fsp3) is 0.0714. The molecule has 0 aliphatic heterocycles. The molecule has 98 valence electrons. The fourth-order valence-corrected chi connectivity index (χ4v) is 1.51. The molecule has 0 aliphatic rings. The first-order valence-electron chi connectivity index (χ1n) is 5.56. The standard InChI is InChI=1S/C14H11F2NO2/c15-14(16)19-12-8-6-11(7-9-12)17-13(18)10-4-2-1-3-5-10/h1-9,14H,(H,17,18). The number of benzene rings is 2. The Morgan fingerprint density at radius 1 is 1.00 bits per heavy atom. The summed E-state index contributed by atoms with van der Waals surface area (Å²) in [6, 6.07) is 14.4. The summed E-state index contributed by atoms with van der Waals surface area (Å²) in [6.07, 6.45) is 0. The van der Waals surface area contributed by atoms with Crippen LogP contribution in [0.2, 0.25) is 0 Å². The lowest BCUT2D eigenvalue weighted by Crippen LogP contribution is -2.11.